The van der Waals surface area contributed by atoms with Crippen LogP contribution in [-0.2, 0) is 14.2 Å². The van der Waals surface area contributed by atoms with Crippen molar-refractivity contribution < 1.29 is 14.2 Å². The second kappa shape index (κ2) is 15.0. The Morgan fingerprint density at radius 1 is 0.775 bits per heavy atom. The lowest BCUT2D eigenvalue weighted by Crippen LogP contribution is -2.63. The highest BCUT2D eigenvalue weighted by Crippen LogP contribution is 2.69. The van der Waals surface area contributed by atoms with Crippen LogP contribution >= 0.6 is 0 Å². The zero-order valence-electron chi connectivity index (χ0n) is 26.6. The van der Waals surface area contributed by atoms with Crippen LogP contribution in [0, 0.1) is 46.3 Å². The van der Waals surface area contributed by atoms with Crippen LogP contribution < -0.4 is 17.2 Å². The molecule has 0 aromatic rings. The van der Waals surface area contributed by atoms with Gasteiger partial charge >= 0.3 is 0 Å². The first-order valence-electron chi connectivity index (χ1n) is 17.3. The maximum Gasteiger partial charge on any atom is 0.0637 e. The van der Waals surface area contributed by atoms with Crippen LogP contribution in [0.2, 0.25) is 0 Å². The van der Waals surface area contributed by atoms with Crippen LogP contribution in [0.25, 0.3) is 0 Å². The lowest BCUT2D eigenvalue weighted by atomic mass is 9.43. The smallest absolute Gasteiger partial charge is 0.0637 e. The number of ether oxygens (including phenoxy) is 3. The van der Waals surface area contributed by atoms with E-state index in [1.807, 2.05) is 0 Å². The molecule has 234 valence electrons. The quantitative estimate of drug-likeness (QED) is 0.202. The van der Waals surface area contributed by atoms with Crippen LogP contribution in [0.5, 0.6) is 0 Å². The minimum absolute atomic E-state index is 0.212. The van der Waals surface area contributed by atoms with E-state index in [9.17, 15) is 0 Å². The van der Waals surface area contributed by atoms with Gasteiger partial charge < -0.3 is 31.4 Å². The van der Waals surface area contributed by atoms with Gasteiger partial charge in [0.2, 0.25) is 0 Å². The van der Waals surface area contributed by atoms with E-state index in [4.69, 9.17) is 31.4 Å². The summed E-state index contributed by atoms with van der Waals surface area (Å²) in [5.41, 5.74) is 18.2. The molecule has 0 saturated heterocycles. The second-order valence-corrected chi connectivity index (χ2v) is 14.6. The standard InChI is InChI=1S/C34H65N3O3/c1-5-6-10-24(2)27-11-12-28-32-29(23-31(34(27,28)4)40-20-9-17-37)33(3)14-13-26(38-18-7-15-35)21-25(33)22-30(32)39-19-8-16-36/h24-32H,5-23,35-37H2,1-4H3/t24-,25-,26?,27+,28-,29-,30+,31-,32-,33-,34+/m0/s1. The van der Waals surface area contributed by atoms with Gasteiger partial charge in [-0.2, -0.15) is 0 Å². The summed E-state index contributed by atoms with van der Waals surface area (Å²) in [5, 5.41) is 0. The third kappa shape index (κ3) is 6.63. The van der Waals surface area contributed by atoms with Gasteiger partial charge in [0, 0.05) is 25.2 Å². The molecule has 0 aromatic heterocycles. The van der Waals surface area contributed by atoms with Gasteiger partial charge in [-0.15, -0.1) is 0 Å². The van der Waals surface area contributed by atoms with Crippen LogP contribution in [0.1, 0.15) is 111 Å². The van der Waals surface area contributed by atoms with Crippen molar-refractivity contribution >= 4 is 0 Å². The van der Waals surface area contributed by atoms with E-state index in [0.29, 0.717) is 67.0 Å². The van der Waals surface area contributed by atoms with E-state index < -0.39 is 0 Å². The summed E-state index contributed by atoms with van der Waals surface area (Å²) in [6, 6.07) is 0. The average Bonchev–Trinajstić information content (AvgIpc) is 3.31. The summed E-state index contributed by atoms with van der Waals surface area (Å²) < 4.78 is 20.2. The van der Waals surface area contributed by atoms with Crippen molar-refractivity contribution in [2.24, 2.45) is 63.5 Å². The molecule has 0 amide bonds. The van der Waals surface area contributed by atoms with E-state index in [-0.39, 0.29) is 5.41 Å². The first kappa shape index (κ1) is 32.7. The molecule has 0 radical (unpaired) electrons. The van der Waals surface area contributed by atoms with Crippen molar-refractivity contribution in [3.63, 3.8) is 0 Å². The third-order valence-corrected chi connectivity index (χ3v) is 12.5. The van der Waals surface area contributed by atoms with Crippen molar-refractivity contribution in [2.75, 3.05) is 39.5 Å². The van der Waals surface area contributed by atoms with Crippen molar-refractivity contribution in [1.29, 1.82) is 0 Å². The maximum absolute atomic E-state index is 6.95. The molecule has 6 heteroatoms. The summed E-state index contributed by atoms with van der Waals surface area (Å²) in [4.78, 5) is 0. The summed E-state index contributed by atoms with van der Waals surface area (Å²) in [6.45, 7) is 14.6. The Morgan fingerprint density at radius 3 is 2.12 bits per heavy atom. The molecule has 4 saturated carbocycles. The van der Waals surface area contributed by atoms with Gasteiger partial charge in [-0.25, -0.2) is 0 Å². The number of rotatable bonds is 16. The number of hydrogen-bond donors (Lipinski definition) is 3. The lowest BCUT2D eigenvalue weighted by Gasteiger charge is -2.65. The zero-order chi connectivity index (χ0) is 28.8. The fourth-order valence-electron chi connectivity index (χ4n) is 10.3. The molecular weight excluding hydrogens is 498 g/mol. The topological polar surface area (TPSA) is 106 Å². The second-order valence-electron chi connectivity index (χ2n) is 14.6. The van der Waals surface area contributed by atoms with E-state index in [1.54, 1.807) is 0 Å². The first-order chi connectivity index (χ1) is 19.3. The van der Waals surface area contributed by atoms with Crippen LogP contribution in [0.3, 0.4) is 0 Å². The number of nitrogens with two attached hydrogens (primary N) is 3. The number of unbranched alkanes of at least 4 members (excludes halogenated alkanes) is 1. The molecule has 4 aliphatic rings. The van der Waals surface area contributed by atoms with E-state index >= 15 is 0 Å². The molecule has 1 unspecified atom stereocenters. The number of fused-ring (bicyclic) bond motifs is 5. The van der Waals surface area contributed by atoms with Crippen LogP contribution in [-0.4, -0.2) is 57.8 Å². The molecule has 0 heterocycles. The van der Waals surface area contributed by atoms with Crippen LogP contribution in [0.15, 0.2) is 0 Å². The van der Waals surface area contributed by atoms with Crippen molar-refractivity contribution in [2.45, 2.75) is 129 Å². The largest absolute Gasteiger partial charge is 0.378 e. The molecule has 6 nitrogen and oxygen atoms in total. The van der Waals surface area contributed by atoms with Gasteiger partial charge in [-0.1, -0.05) is 47.0 Å². The van der Waals surface area contributed by atoms with Gasteiger partial charge in [-0.05, 0) is 125 Å². The summed E-state index contributed by atoms with van der Waals surface area (Å²) in [5.74, 6) is 4.05. The molecular formula is C34H65N3O3. The molecule has 4 rings (SSSR count). The third-order valence-electron chi connectivity index (χ3n) is 12.5. The van der Waals surface area contributed by atoms with Gasteiger partial charge in [0.15, 0.2) is 0 Å². The Morgan fingerprint density at radius 2 is 1.45 bits per heavy atom. The Balaban J connectivity index is 1.64. The van der Waals surface area contributed by atoms with Crippen molar-refractivity contribution in [3.8, 4) is 0 Å². The molecule has 0 aliphatic heterocycles. The van der Waals surface area contributed by atoms with Crippen molar-refractivity contribution in [3.05, 3.63) is 0 Å². The van der Waals surface area contributed by atoms with Gasteiger partial charge in [0.05, 0.1) is 18.3 Å². The molecule has 4 fully saturated rings. The van der Waals surface area contributed by atoms with E-state index in [0.717, 1.165) is 50.9 Å². The lowest BCUT2D eigenvalue weighted by molar-refractivity contribution is -0.227. The molecule has 4 aliphatic carbocycles. The van der Waals surface area contributed by atoms with E-state index in [2.05, 4.69) is 27.7 Å². The minimum Gasteiger partial charge on any atom is -0.378 e. The highest BCUT2D eigenvalue weighted by Gasteiger charge is 2.66. The minimum atomic E-state index is 0.212. The molecule has 6 N–H and O–H groups in total. The molecule has 0 bridgehead atoms. The normalized spacial score (nSPS) is 41.8. The summed E-state index contributed by atoms with van der Waals surface area (Å²) in [6.07, 6.45) is 16.5. The summed E-state index contributed by atoms with van der Waals surface area (Å²) in [7, 11) is 0. The SMILES string of the molecule is CCCC[C@H](C)[C@H]1CC[C@H]2[C@@H]3[C@H](OCCCN)C[C@@H]4CC(OCCCN)CC[C@]4(C)[C@H]3C[C@H](OCCCN)[C@]12C. The Kier molecular flexibility index (Phi) is 12.2. The number of hydrogen-bond acceptors (Lipinski definition) is 6. The predicted molar refractivity (Wildman–Crippen MR) is 165 cm³/mol. The van der Waals surface area contributed by atoms with Crippen LogP contribution in [0.4, 0.5) is 0 Å². The molecule has 0 aromatic carbocycles. The monoisotopic (exact) mass is 564 g/mol. The maximum atomic E-state index is 6.95. The fraction of sp³-hybridized carbons (Fsp3) is 1.00. The molecule has 11 atom stereocenters. The molecule has 40 heavy (non-hydrogen) atoms. The van der Waals surface area contributed by atoms with Gasteiger partial charge in [-0.3, -0.25) is 0 Å². The van der Waals surface area contributed by atoms with Gasteiger partial charge in [0.25, 0.3) is 0 Å². The average molecular weight is 564 g/mol. The van der Waals surface area contributed by atoms with E-state index in [1.165, 1.54) is 64.2 Å². The van der Waals surface area contributed by atoms with Gasteiger partial charge in [0.1, 0.15) is 0 Å². The highest BCUT2D eigenvalue weighted by molar-refractivity contribution is 5.15. The summed E-state index contributed by atoms with van der Waals surface area (Å²) >= 11 is 0. The zero-order valence-corrected chi connectivity index (χ0v) is 26.6. The van der Waals surface area contributed by atoms with Crippen molar-refractivity contribution in [1.82, 2.24) is 0 Å². The Labute approximate surface area is 246 Å². The predicted octanol–water partition coefficient (Wildman–Crippen LogP) is 5.89. The Hall–Kier alpha value is -0.240. The fourth-order valence-corrected chi connectivity index (χ4v) is 10.3. The Bertz CT molecular complexity index is 754. The highest BCUT2D eigenvalue weighted by atomic mass is 16.5. The molecule has 0 spiro atoms. The first-order valence-corrected chi connectivity index (χ1v) is 17.3.